The summed E-state index contributed by atoms with van der Waals surface area (Å²) in [4.78, 5) is 2.28. The molecular formula is C14H16N2S4. The first-order valence-electron chi connectivity index (χ1n) is 6.05. The van der Waals surface area contributed by atoms with Crippen LogP contribution in [0.4, 0.5) is 11.4 Å². The molecule has 2 rings (SSSR count). The van der Waals surface area contributed by atoms with Crippen molar-refractivity contribution in [2.75, 3.05) is 23.0 Å². The fourth-order valence-corrected chi connectivity index (χ4v) is 6.35. The van der Waals surface area contributed by atoms with E-state index >= 15 is 0 Å². The van der Waals surface area contributed by atoms with Crippen LogP contribution in [0.3, 0.4) is 0 Å². The molecule has 0 aromatic heterocycles. The second-order valence-electron chi connectivity index (χ2n) is 3.89. The normalized spacial score (nSPS) is 10.6. The zero-order valence-corrected chi connectivity index (χ0v) is 14.1. The SMILES string of the molecule is Nc1ccccc1SSCCSSc1ccccc1N. The van der Waals surface area contributed by atoms with Crippen LogP contribution in [0.15, 0.2) is 58.3 Å². The van der Waals surface area contributed by atoms with E-state index in [2.05, 4.69) is 12.1 Å². The molecule has 0 aliphatic carbocycles. The molecule has 0 bridgehead atoms. The van der Waals surface area contributed by atoms with Crippen molar-refractivity contribution in [3.05, 3.63) is 48.5 Å². The number of nitrogen functional groups attached to an aromatic ring is 2. The van der Waals surface area contributed by atoms with Gasteiger partial charge in [-0.3, -0.25) is 0 Å². The number of anilines is 2. The minimum Gasteiger partial charge on any atom is -0.398 e. The third-order valence-corrected chi connectivity index (χ3v) is 7.51. The first-order chi connectivity index (χ1) is 9.77. The van der Waals surface area contributed by atoms with Crippen LogP contribution >= 0.6 is 43.2 Å². The molecule has 2 nitrogen and oxygen atoms in total. The van der Waals surface area contributed by atoms with E-state index in [1.54, 1.807) is 21.6 Å². The van der Waals surface area contributed by atoms with E-state index in [1.165, 1.54) is 0 Å². The molecule has 20 heavy (non-hydrogen) atoms. The van der Waals surface area contributed by atoms with E-state index < -0.39 is 0 Å². The molecule has 0 aliphatic rings. The van der Waals surface area contributed by atoms with Crippen LogP contribution in [-0.4, -0.2) is 11.5 Å². The highest BCUT2D eigenvalue weighted by Crippen LogP contribution is 2.38. The molecule has 0 fully saturated rings. The van der Waals surface area contributed by atoms with E-state index in [0.717, 1.165) is 32.7 Å². The second kappa shape index (κ2) is 8.67. The van der Waals surface area contributed by atoms with E-state index in [-0.39, 0.29) is 0 Å². The minimum absolute atomic E-state index is 0.851. The first-order valence-corrected chi connectivity index (χ1v) is 10.7. The van der Waals surface area contributed by atoms with E-state index in [9.17, 15) is 0 Å². The maximum Gasteiger partial charge on any atom is 0.0460 e. The number of para-hydroxylation sites is 2. The zero-order chi connectivity index (χ0) is 14.2. The van der Waals surface area contributed by atoms with Gasteiger partial charge in [0, 0.05) is 32.7 Å². The van der Waals surface area contributed by atoms with Gasteiger partial charge in [0.1, 0.15) is 0 Å². The van der Waals surface area contributed by atoms with Gasteiger partial charge in [-0.05, 0) is 24.3 Å². The van der Waals surface area contributed by atoms with E-state index in [4.69, 9.17) is 11.5 Å². The summed E-state index contributed by atoms with van der Waals surface area (Å²) in [5, 5.41) is 0. The molecule has 0 heterocycles. The lowest BCUT2D eigenvalue weighted by Crippen LogP contribution is -1.87. The largest absolute Gasteiger partial charge is 0.398 e. The quantitative estimate of drug-likeness (QED) is 0.419. The van der Waals surface area contributed by atoms with E-state index in [1.807, 2.05) is 58.0 Å². The topological polar surface area (TPSA) is 52.0 Å². The van der Waals surface area contributed by atoms with Crippen molar-refractivity contribution >= 4 is 54.6 Å². The Balaban J connectivity index is 1.63. The number of nitrogens with two attached hydrogens (primary N) is 2. The Hall–Kier alpha value is -0.560. The van der Waals surface area contributed by atoms with Gasteiger partial charge in [0.2, 0.25) is 0 Å². The summed E-state index contributed by atoms with van der Waals surface area (Å²) < 4.78 is 0. The first kappa shape index (κ1) is 15.8. The van der Waals surface area contributed by atoms with Crippen molar-refractivity contribution in [3.8, 4) is 0 Å². The zero-order valence-electron chi connectivity index (χ0n) is 10.8. The molecule has 2 aromatic rings. The predicted octanol–water partition coefficient (Wildman–Crippen LogP) is 5.03. The number of hydrogen-bond acceptors (Lipinski definition) is 6. The third kappa shape index (κ3) is 5.09. The Morgan fingerprint density at radius 3 is 1.45 bits per heavy atom. The van der Waals surface area contributed by atoms with Gasteiger partial charge in [-0.1, -0.05) is 67.4 Å². The van der Waals surface area contributed by atoms with Crippen molar-refractivity contribution < 1.29 is 0 Å². The maximum atomic E-state index is 5.90. The summed E-state index contributed by atoms with van der Waals surface area (Å²) in [6.07, 6.45) is 0. The second-order valence-corrected chi connectivity index (χ2v) is 8.80. The Morgan fingerprint density at radius 2 is 1.05 bits per heavy atom. The molecule has 0 unspecified atom stereocenters. The Kier molecular flexibility index (Phi) is 6.86. The lowest BCUT2D eigenvalue weighted by atomic mass is 10.3. The molecule has 2 aromatic carbocycles. The molecule has 0 radical (unpaired) electrons. The monoisotopic (exact) mass is 340 g/mol. The van der Waals surface area contributed by atoms with Crippen LogP contribution in [0, 0.1) is 0 Å². The van der Waals surface area contributed by atoms with E-state index in [0.29, 0.717) is 0 Å². The van der Waals surface area contributed by atoms with Gasteiger partial charge in [0.15, 0.2) is 0 Å². The fraction of sp³-hybridized carbons (Fsp3) is 0.143. The molecule has 106 valence electrons. The Labute approximate surface area is 135 Å². The van der Waals surface area contributed by atoms with Gasteiger partial charge < -0.3 is 11.5 Å². The number of rotatable bonds is 7. The highest BCUT2D eigenvalue weighted by atomic mass is 33.1. The predicted molar refractivity (Wildman–Crippen MR) is 98.3 cm³/mol. The van der Waals surface area contributed by atoms with Crippen LogP contribution < -0.4 is 11.5 Å². The summed E-state index contributed by atoms with van der Waals surface area (Å²) in [6.45, 7) is 0. The average Bonchev–Trinajstić information content (AvgIpc) is 2.46. The van der Waals surface area contributed by atoms with Gasteiger partial charge in [-0.25, -0.2) is 0 Å². The van der Waals surface area contributed by atoms with Gasteiger partial charge >= 0.3 is 0 Å². The van der Waals surface area contributed by atoms with Crippen LogP contribution in [-0.2, 0) is 0 Å². The molecular weight excluding hydrogens is 324 g/mol. The molecule has 0 aliphatic heterocycles. The lowest BCUT2D eigenvalue weighted by molar-refractivity contribution is 1.47. The number of hydrogen-bond donors (Lipinski definition) is 2. The van der Waals surface area contributed by atoms with Crippen molar-refractivity contribution in [3.63, 3.8) is 0 Å². The standard InChI is InChI=1S/C14H16N2S4/c15-11-5-1-3-7-13(11)19-17-9-10-18-20-14-8-4-2-6-12(14)16/h1-8H,9-10,15-16H2. The summed E-state index contributed by atoms with van der Waals surface area (Å²) in [5.74, 6) is 2.15. The summed E-state index contributed by atoms with van der Waals surface area (Å²) in [5.41, 5.74) is 13.5. The van der Waals surface area contributed by atoms with Crippen molar-refractivity contribution in [1.29, 1.82) is 0 Å². The van der Waals surface area contributed by atoms with Gasteiger partial charge in [0.25, 0.3) is 0 Å². The van der Waals surface area contributed by atoms with Crippen LogP contribution in [0.25, 0.3) is 0 Å². The molecule has 0 amide bonds. The Bertz CT molecular complexity index is 499. The summed E-state index contributed by atoms with van der Waals surface area (Å²) in [6, 6.07) is 15.9. The smallest absolute Gasteiger partial charge is 0.0460 e. The van der Waals surface area contributed by atoms with Crippen molar-refractivity contribution in [2.24, 2.45) is 0 Å². The third-order valence-electron chi connectivity index (χ3n) is 2.39. The minimum atomic E-state index is 0.851. The van der Waals surface area contributed by atoms with Crippen molar-refractivity contribution in [2.45, 2.75) is 9.79 Å². The summed E-state index contributed by atoms with van der Waals surface area (Å²) in [7, 11) is 7.14. The maximum absolute atomic E-state index is 5.90. The molecule has 6 heteroatoms. The van der Waals surface area contributed by atoms with Gasteiger partial charge in [0.05, 0.1) is 0 Å². The van der Waals surface area contributed by atoms with Crippen molar-refractivity contribution in [1.82, 2.24) is 0 Å². The molecule has 4 N–H and O–H groups in total. The molecule has 0 spiro atoms. The fourth-order valence-electron chi connectivity index (χ4n) is 1.39. The molecule has 0 saturated carbocycles. The molecule has 0 saturated heterocycles. The average molecular weight is 341 g/mol. The van der Waals surface area contributed by atoms with Gasteiger partial charge in [-0.2, -0.15) is 0 Å². The lowest BCUT2D eigenvalue weighted by Gasteiger charge is -2.05. The number of benzene rings is 2. The highest BCUT2D eigenvalue weighted by Gasteiger charge is 2.01. The van der Waals surface area contributed by atoms with Crippen LogP contribution in [0.5, 0.6) is 0 Å². The van der Waals surface area contributed by atoms with Gasteiger partial charge in [-0.15, -0.1) is 0 Å². The molecule has 0 atom stereocenters. The Morgan fingerprint density at radius 1 is 0.650 bits per heavy atom. The highest BCUT2D eigenvalue weighted by molar-refractivity contribution is 8.78. The summed E-state index contributed by atoms with van der Waals surface area (Å²) >= 11 is 0. The van der Waals surface area contributed by atoms with Crippen LogP contribution in [0.1, 0.15) is 0 Å². The van der Waals surface area contributed by atoms with Crippen LogP contribution in [0.2, 0.25) is 0 Å².